The van der Waals surface area contributed by atoms with E-state index in [-0.39, 0.29) is 12.6 Å². The standard InChI is InChI=1S/C22H27N3O5/c1-25(2)18(14-5-7-19-15(11-14)9-10-30-19)13-23-21(26)22(27)24-17-12-16(28-3)6-8-20(17)29-4/h5-8,11-12,18H,9-10,13H2,1-4H3,(H,23,26)(H,24,27). The molecule has 0 spiro atoms. The molecule has 2 N–H and O–H groups in total. The Bertz CT molecular complexity index is 929. The van der Waals surface area contributed by atoms with Crippen LogP contribution in [0.3, 0.4) is 0 Å². The SMILES string of the molecule is COc1ccc(OC)c(NC(=O)C(=O)NCC(c2ccc3c(c2)CCO3)N(C)C)c1. The smallest absolute Gasteiger partial charge is 0.313 e. The van der Waals surface area contributed by atoms with Crippen molar-refractivity contribution in [2.24, 2.45) is 0 Å². The number of nitrogens with zero attached hydrogens (tertiary/aromatic N) is 1. The Morgan fingerprint density at radius 2 is 1.90 bits per heavy atom. The number of methoxy groups -OCH3 is 2. The lowest BCUT2D eigenvalue weighted by atomic mass is 10.0. The van der Waals surface area contributed by atoms with Crippen molar-refractivity contribution in [3.8, 4) is 17.2 Å². The summed E-state index contributed by atoms with van der Waals surface area (Å²) in [5.41, 5.74) is 2.58. The van der Waals surface area contributed by atoms with Crippen molar-refractivity contribution >= 4 is 17.5 Å². The van der Waals surface area contributed by atoms with E-state index in [4.69, 9.17) is 14.2 Å². The van der Waals surface area contributed by atoms with E-state index in [1.165, 1.54) is 14.2 Å². The number of likely N-dealkylation sites (N-methyl/N-ethyl adjacent to an activating group) is 1. The Hall–Kier alpha value is -3.26. The Balaban J connectivity index is 1.65. The summed E-state index contributed by atoms with van der Waals surface area (Å²) in [5, 5.41) is 5.30. The molecule has 30 heavy (non-hydrogen) atoms. The highest BCUT2D eigenvalue weighted by molar-refractivity contribution is 6.39. The fourth-order valence-corrected chi connectivity index (χ4v) is 3.37. The Kier molecular flexibility index (Phi) is 6.79. The monoisotopic (exact) mass is 413 g/mol. The zero-order chi connectivity index (χ0) is 21.7. The lowest BCUT2D eigenvalue weighted by molar-refractivity contribution is -0.136. The van der Waals surface area contributed by atoms with E-state index in [1.807, 2.05) is 31.1 Å². The van der Waals surface area contributed by atoms with Gasteiger partial charge < -0.3 is 29.7 Å². The topological polar surface area (TPSA) is 89.1 Å². The molecule has 0 fully saturated rings. The molecule has 3 rings (SSSR count). The summed E-state index contributed by atoms with van der Waals surface area (Å²) in [6, 6.07) is 10.9. The molecule has 8 heteroatoms. The van der Waals surface area contributed by atoms with Crippen LogP contribution in [0.2, 0.25) is 0 Å². The third-order valence-electron chi connectivity index (χ3n) is 5.04. The van der Waals surface area contributed by atoms with Gasteiger partial charge in [0.15, 0.2) is 0 Å². The lowest BCUT2D eigenvalue weighted by Gasteiger charge is -2.25. The minimum atomic E-state index is -0.776. The fraction of sp³-hybridized carbons (Fsp3) is 0.364. The zero-order valence-corrected chi connectivity index (χ0v) is 17.7. The number of benzene rings is 2. The summed E-state index contributed by atoms with van der Waals surface area (Å²) in [4.78, 5) is 26.8. The maximum Gasteiger partial charge on any atom is 0.313 e. The Morgan fingerprint density at radius 1 is 1.10 bits per heavy atom. The first kappa shape index (κ1) is 21.4. The van der Waals surface area contributed by atoms with Gasteiger partial charge in [-0.15, -0.1) is 0 Å². The van der Waals surface area contributed by atoms with Gasteiger partial charge in [-0.2, -0.15) is 0 Å². The number of fused-ring (bicyclic) bond motifs is 1. The summed E-state index contributed by atoms with van der Waals surface area (Å²) in [5.74, 6) is 0.382. The Morgan fingerprint density at radius 3 is 2.60 bits per heavy atom. The van der Waals surface area contributed by atoms with E-state index < -0.39 is 11.8 Å². The van der Waals surface area contributed by atoms with Gasteiger partial charge in [0.1, 0.15) is 17.2 Å². The van der Waals surface area contributed by atoms with Crippen LogP contribution in [-0.4, -0.2) is 58.2 Å². The normalized spacial score (nSPS) is 13.2. The van der Waals surface area contributed by atoms with E-state index in [0.717, 1.165) is 23.3 Å². The summed E-state index contributed by atoms with van der Waals surface area (Å²) >= 11 is 0. The molecule has 2 aromatic carbocycles. The molecule has 0 aromatic heterocycles. The quantitative estimate of drug-likeness (QED) is 0.675. The van der Waals surface area contributed by atoms with Gasteiger partial charge >= 0.3 is 11.8 Å². The molecule has 2 aromatic rings. The van der Waals surface area contributed by atoms with Gasteiger partial charge in [0.05, 0.1) is 32.6 Å². The minimum absolute atomic E-state index is 0.0843. The van der Waals surface area contributed by atoms with E-state index in [1.54, 1.807) is 18.2 Å². The molecule has 1 heterocycles. The van der Waals surface area contributed by atoms with Crippen LogP contribution < -0.4 is 24.8 Å². The maximum atomic E-state index is 12.4. The predicted molar refractivity (Wildman–Crippen MR) is 113 cm³/mol. The number of carbonyl (C=O) groups is 2. The molecular formula is C22H27N3O5. The highest BCUT2D eigenvalue weighted by atomic mass is 16.5. The molecule has 160 valence electrons. The highest BCUT2D eigenvalue weighted by Crippen LogP contribution is 2.30. The summed E-state index contributed by atoms with van der Waals surface area (Å²) in [7, 11) is 6.87. The van der Waals surface area contributed by atoms with Crippen LogP contribution in [0.5, 0.6) is 17.2 Å². The van der Waals surface area contributed by atoms with E-state index >= 15 is 0 Å². The van der Waals surface area contributed by atoms with Crippen LogP contribution in [-0.2, 0) is 16.0 Å². The van der Waals surface area contributed by atoms with Gasteiger partial charge in [0, 0.05) is 19.0 Å². The number of hydrogen-bond acceptors (Lipinski definition) is 6. The maximum absolute atomic E-state index is 12.4. The first-order chi connectivity index (χ1) is 14.4. The molecule has 1 atom stereocenters. The molecule has 1 aliphatic rings. The first-order valence-electron chi connectivity index (χ1n) is 9.66. The number of rotatable bonds is 7. The molecule has 0 saturated heterocycles. The van der Waals surface area contributed by atoms with Gasteiger partial charge in [0.25, 0.3) is 0 Å². The zero-order valence-electron chi connectivity index (χ0n) is 17.7. The minimum Gasteiger partial charge on any atom is -0.497 e. The lowest BCUT2D eigenvalue weighted by Crippen LogP contribution is -2.40. The number of amides is 2. The second-order valence-corrected chi connectivity index (χ2v) is 7.18. The average Bonchev–Trinajstić information content (AvgIpc) is 3.21. The predicted octanol–water partition coefficient (Wildman–Crippen LogP) is 2.00. The second-order valence-electron chi connectivity index (χ2n) is 7.18. The van der Waals surface area contributed by atoms with Crippen molar-refractivity contribution < 1.29 is 23.8 Å². The van der Waals surface area contributed by atoms with Gasteiger partial charge in [-0.3, -0.25) is 9.59 Å². The molecule has 0 aliphatic carbocycles. The van der Waals surface area contributed by atoms with E-state index in [9.17, 15) is 9.59 Å². The van der Waals surface area contributed by atoms with Crippen molar-refractivity contribution in [3.05, 3.63) is 47.5 Å². The number of nitrogens with one attached hydrogen (secondary N) is 2. The summed E-state index contributed by atoms with van der Waals surface area (Å²) in [6.07, 6.45) is 0.875. The Labute approximate surface area is 176 Å². The average molecular weight is 413 g/mol. The van der Waals surface area contributed by atoms with Gasteiger partial charge in [-0.25, -0.2) is 0 Å². The van der Waals surface area contributed by atoms with Gasteiger partial charge in [-0.1, -0.05) is 12.1 Å². The molecular weight excluding hydrogens is 386 g/mol. The molecule has 0 saturated carbocycles. The molecule has 1 aliphatic heterocycles. The highest BCUT2D eigenvalue weighted by Gasteiger charge is 2.22. The van der Waals surface area contributed by atoms with Crippen LogP contribution >= 0.6 is 0 Å². The van der Waals surface area contributed by atoms with Gasteiger partial charge in [-0.05, 0) is 43.4 Å². The second kappa shape index (κ2) is 9.49. The van der Waals surface area contributed by atoms with Crippen molar-refractivity contribution in [2.75, 3.05) is 46.8 Å². The number of carbonyl (C=O) groups excluding carboxylic acids is 2. The van der Waals surface area contributed by atoms with Gasteiger partial charge in [0.2, 0.25) is 0 Å². The fourth-order valence-electron chi connectivity index (χ4n) is 3.37. The van der Waals surface area contributed by atoms with Crippen LogP contribution in [0.4, 0.5) is 5.69 Å². The van der Waals surface area contributed by atoms with Crippen LogP contribution in [0.25, 0.3) is 0 Å². The van der Waals surface area contributed by atoms with E-state index in [0.29, 0.717) is 23.8 Å². The summed E-state index contributed by atoms with van der Waals surface area (Å²) in [6.45, 7) is 0.976. The van der Waals surface area contributed by atoms with Crippen molar-refractivity contribution in [1.82, 2.24) is 10.2 Å². The molecule has 1 unspecified atom stereocenters. The molecule has 0 radical (unpaired) electrons. The van der Waals surface area contributed by atoms with E-state index in [2.05, 4.69) is 16.7 Å². The number of ether oxygens (including phenoxy) is 3. The van der Waals surface area contributed by atoms with Crippen LogP contribution in [0.15, 0.2) is 36.4 Å². The molecule has 0 bridgehead atoms. The first-order valence-corrected chi connectivity index (χ1v) is 9.66. The molecule has 8 nitrogen and oxygen atoms in total. The third-order valence-corrected chi connectivity index (χ3v) is 5.04. The number of anilines is 1. The number of hydrogen-bond donors (Lipinski definition) is 2. The molecule has 2 amide bonds. The largest absolute Gasteiger partial charge is 0.497 e. The third kappa shape index (κ3) is 4.83. The van der Waals surface area contributed by atoms with Crippen molar-refractivity contribution in [3.63, 3.8) is 0 Å². The van der Waals surface area contributed by atoms with Crippen molar-refractivity contribution in [2.45, 2.75) is 12.5 Å². The van der Waals surface area contributed by atoms with Crippen molar-refractivity contribution in [1.29, 1.82) is 0 Å². The summed E-state index contributed by atoms with van der Waals surface area (Å²) < 4.78 is 16.0. The van der Waals surface area contributed by atoms with Crippen LogP contribution in [0, 0.1) is 0 Å². The van der Waals surface area contributed by atoms with Crippen LogP contribution in [0.1, 0.15) is 17.2 Å².